The van der Waals surface area contributed by atoms with Crippen LogP contribution in [0.5, 0.6) is 0 Å². The Morgan fingerprint density at radius 2 is 1.89 bits per heavy atom. The van der Waals surface area contributed by atoms with Gasteiger partial charge in [0, 0.05) is 12.1 Å². The van der Waals surface area contributed by atoms with E-state index in [2.05, 4.69) is 29.0 Å². The first kappa shape index (κ1) is 11.0. The van der Waals surface area contributed by atoms with Crippen LogP contribution >= 0.6 is 0 Å². The molecule has 90 valence electrons. The number of aromatic amines is 1. The van der Waals surface area contributed by atoms with Crippen LogP contribution in [0.1, 0.15) is 11.1 Å². The molecule has 0 spiro atoms. The number of nitrogens with one attached hydrogen (secondary N) is 1. The van der Waals surface area contributed by atoms with Gasteiger partial charge in [-0.1, -0.05) is 30.3 Å². The van der Waals surface area contributed by atoms with E-state index in [0.717, 1.165) is 28.0 Å². The molecule has 0 radical (unpaired) electrons. The van der Waals surface area contributed by atoms with Gasteiger partial charge in [-0.2, -0.15) is 0 Å². The molecule has 18 heavy (non-hydrogen) atoms. The minimum Gasteiger partial charge on any atom is -0.338 e. The lowest BCUT2D eigenvalue weighted by Gasteiger charge is -1.98. The number of imidazole rings is 1. The summed E-state index contributed by atoms with van der Waals surface area (Å²) in [4.78, 5) is 7.94. The van der Waals surface area contributed by atoms with Gasteiger partial charge in [-0.25, -0.2) is 4.98 Å². The Morgan fingerprint density at radius 3 is 2.61 bits per heavy atom. The van der Waals surface area contributed by atoms with Crippen molar-refractivity contribution in [2.45, 2.75) is 13.5 Å². The van der Waals surface area contributed by atoms with Crippen LogP contribution < -0.4 is 5.73 Å². The Kier molecular flexibility index (Phi) is 2.61. The highest BCUT2D eigenvalue weighted by Crippen LogP contribution is 2.21. The molecule has 0 fully saturated rings. The third-order valence-electron chi connectivity index (χ3n) is 3.10. The maximum atomic E-state index is 5.59. The van der Waals surface area contributed by atoms with Gasteiger partial charge in [-0.05, 0) is 30.2 Å². The number of hydrogen-bond donors (Lipinski definition) is 2. The maximum absolute atomic E-state index is 5.59. The van der Waals surface area contributed by atoms with E-state index in [0.29, 0.717) is 6.54 Å². The summed E-state index contributed by atoms with van der Waals surface area (Å²) in [7, 11) is 0. The highest BCUT2D eigenvalue weighted by atomic mass is 14.9. The molecule has 0 unspecified atom stereocenters. The van der Waals surface area contributed by atoms with Gasteiger partial charge in [-0.3, -0.25) is 0 Å². The summed E-state index contributed by atoms with van der Waals surface area (Å²) in [5, 5.41) is 0. The second-order valence-corrected chi connectivity index (χ2v) is 4.51. The number of nitrogens with zero attached hydrogens (tertiary/aromatic N) is 1. The van der Waals surface area contributed by atoms with Crippen LogP contribution in [-0.4, -0.2) is 9.97 Å². The molecule has 0 atom stereocenters. The summed E-state index contributed by atoms with van der Waals surface area (Å²) in [6, 6.07) is 14.4. The first-order valence-corrected chi connectivity index (χ1v) is 6.02. The predicted molar refractivity (Wildman–Crippen MR) is 74.2 cm³/mol. The van der Waals surface area contributed by atoms with Crippen molar-refractivity contribution in [3.63, 3.8) is 0 Å². The standard InChI is InChI=1S/C15H15N3/c1-10-2-7-13-14(8-10)18-15(17-13)12-5-3-11(9-16)4-6-12/h2-8H,9,16H2,1H3,(H,17,18). The minimum atomic E-state index is 0.569. The van der Waals surface area contributed by atoms with Crippen LogP contribution in [0.25, 0.3) is 22.4 Å². The Bertz CT molecular complexity index is 681. The third kappa shape index (κ3) is 1.89. The molecule has 0 aliphatic rings. The molecule has 3 heteroatoms. The quantitative estimate of drug-likeness (QED) is 0.720. The highest BCUT2D eigenvalue weighted by molar-refractivity contribution is 5.79. The molecule has 0 saturated carbocycles. The van der Waals surface area contributed by atoms with Crippen molar-refractivity contribution in [1.82, 2.24) is 9.97 Å². The maximum Gasteiger partial charge on any atom is 0.138 e. The van der Waals surface area contributed by atoms with Gasteiger partial charge >= 0.3 is 0 Å². The van der Waals surface area contributed by atoms with Crippen LogP contribution in [0.15, 0.2) is 42.5 Å². The van der Waals surface area contributed by atoms with Crippen molar-refractivity contribution in [3.05, 3.63) is 53.6 Å². The van der Waals surface area contributed by atoms with Gasteiger partial charge in [0.15, 0.2) is 0 Å². The molecular formula is C15H15N3. The molecule has 3 aromatic rings. The monoisotopic (exact) mass is 237 g/mol. The molecule has 0 amide bonds. The number of H-pyrrole nitrogens is 1. The molecule has 3 N–H and O–H groups in total. The third-order valence-corrected chi connectivity index (χ3v) is 3.10. The second kappa shape index (κ2) is 4.27. The van der Waals surface area contributed by atoms with Crippen molar-refractivity contribution >= 4 is 11.0 Å². The Labute approximate surface area is 106 Å². The van der Waals surface area contributed by atoms with Gasteiger partial charge in [0.25, 0.3) is 0 Å². The van der Waals surface area contributed by atoms with E-state index < -0.39 is 0 Å². The SMILES string of the molecule is Cc1ccc2nc(-c3ccc(CN)cc3)[nH]c2c1. The second-order valence-electron chi connectivity index (χ2n) is 4.51. The first-order chi connectivity index (χ1) is 8.76. The number of rotatable bonds is 2. The average Bonchev–Trinajstić information content (AvgIpc) is 2.81. The van der Waals surface area contributed by atoms with E-state index in [1.165, 1.54) is 5.56 Å². The molecule has 0 aliphatic carbocycles. The van der Waals surface area contributed by atoms with Gasteiger partial charge in [0.05, 0.1) is 11.0 Å². The number of benzene rings is 2. The van der Waals surface area contributed by atoms with Gasteiger partial charge in [0.2, 0.25) is 0 Å². The number of hydrogen-bond acceptors (Lipinski definition) is 2. The molecule has 1 heterocycles. The molecular weight excluding hydrogens is 222 g/mol. The topological polar surface area (TPSA) is 54.7 Å². The summed E-state index contributed by atoms with van der Waals surface area (Å²) in [5.41, 5.74) is 11.1. The normalized spacial score (nSPS) is 11.0. The average molecular weight is 237 g/mol. The lowest BCUT2D eigenvalue weighted by molar-refractivity contribution is 1.07. The summed E-state index contributed by atoms with van der Waals surface area (Å²) in [5.74, 6) is 0.902. The van der Waals surface area contributed by atoms with Crippen LogP contribution in [0, 0.1) is 6.92 Å². The van der Waals surface area contributed by atoms with Gasteiger partial charge in [-0.15, -0.1) is 0 Å². The number of aromatic nitrogens is 2. The predicted octanol–water partition coefficient (Wildman–Crippen LogP) is 3.00. The number of aryl methyl sites for hydroxylation is 1. The van der Waals surface area contributed by atoms with Crippen molar-refractivity contribution in [2.75, 3.05) is 0 Å². The van der Waals surface area contributed by atoms with E-state index in [1.54, 1.807) is 0 Å². The molecule has 0 aliphatic heterocycles. The fourth-order valence-electron chi connectivity index (χ4n) is 2.06. The Morgan fingerprint density at radius 1 is 1.11 bits per heavy atom. The van der Waals surface area contributed by atoms with Crippen LogP contribution in [0.3, 0.4) is 0 Å². The first-order valence-electron chi connectivity index (χ1n) is 6.02. The lowest BCUT2D eigenvalue weighted by Crippen LogP contribution is -1.95. The van der Waals surface area contributed by atoms with Gasteiger partial charge < -0.3 is 10.7 Å². The van der Waals surface area contributed by atoms with Crippen LogP contribution in [-0.2, 0) is 6.54 Å². The lowest BCUT2D eigenvalue weighted by atomic mass is 10.1. The summed E-state index contributed by atoms with van der Waals surface area (Å²) < 4.78 is 0. The van der Waals surface area contributed by atoms with E-state index >= 15 is 0 Å². The zero-order valence-electron chi connectivity index (χ0n) is 10.3. The molecule has 1 aromatic heterocycles. The fourth-order valence-corrected chi connectivity index (χ4v) is 2.06. The zero-order valence-corrected chi connectivity index (χ0v) is 10.3. The van der Waals surface area contributed by atoms with E-state index in [4.69, 9.17) is 5.73 Å². The number of fused-ring (bicyclic) bond motifs is 1. The minimum absolute atomic E-state index is 0.569. The van der Waals surface area contributed by atoms with Crippen molar-refractivity contribution < 1.29 is 0 Å². The Hall–Kier alpha value is -2.13. The number of nitrogens with two attached hydrogens (primary N) is 1. The van der Waals surface area contributed by atoms with Crippen LogP contribution in [0.2, 0.25) is 0 Å². The van der Waals surface area contributed by atoms with Crippen molar-refractivity contribution in [3.8, 4) is 11.4 Å². The van der Waals surface area contributed by atoms with E-state index in [1.807, 2.05) is 30.3 Å². The van der Waals surface area contributed by atoms with E-state index in [9.17, 15) is 0 Å². The van der Waals surface area contributed by atoms with E-state index in [-0.39, 0.29) is 0 Å². The molecule has 2 aromatic carbocycles. The summed E-state index contributed by atoms with van der Waals surface area (Å²) in [6.07, 6.45) is 0. The smallest absolute Gasteiger partial charge is 0.138 e. The van der Waals surface area contributed by atoms with Crippen molar-refractivity contribution in [1.29, 1.82) is 0 Å². The summed E-state index contributed by atoms with van der Waals surface area (Å²) in [6.45, 7) is 2.65. The molecule has 3 rings (SSSR count). The summed E-state index contributed by atoms with van der Waals surface area (Å²) >= 11 is 0. The van der Waals surface area contributed by atoms with Crippen molar-refractivity contribution in [2.24, 2.45) is 5.73 Å². The largest absolute Gasteiger partial charge is 0.338 e. The molecule has 0 bridgehead atoms. The highest BCUT2D eigenvalue weighted by Gasteiger charge is 2.05. The fraction of sp³-hybridized carbons (Fsp3) is 0.133. The molecule has 3 nitrogen and oxygen atoms in total. The van der Waals surface area contributed by atoms with Gasteiger partial charge in [0.1, 0.15) is 5.82 Å². The van der Waals surface area contributed by atoms with Crippen LogP contribution in [0.4, 0.5) is 0 Å². The molecule has 0 saturated heterocycles. The zero-order chi connectivity index (χ0) is 12.5. The Balaban J connectivity index is 2.07.